The van der Waals surface area contributed by atoms with Gasteiger partial charge in [0.05, 0.1) is 0 Å². The summed E-state index contributed by atoms with van der Waals surface area (Å²) in [4.78, 5) is 0. The monoisotopic (exact) mass is 389 g/mol. The van der Waals surface area contributed by atoms with Gasteiger partial charge in [0.1, 0.15) is 0 Å². The molecule has 1 radical (unpaired) electrons. The Morgan fingerprint density at radius 1 is 0.810 bits per heavy atom. The molecule has 0 bridgehead atoms. The molecule has 0 aliphatic heterocycles. The molecule has 0 heterocycles. The van der Waals surface area contributed by atoms with E-state index >= 15 is 0 Å². The second kappa shape index (κ2) is 7.59. The van der Waals surface area contributed by atoms with Crippen LogP contribution in [0.1, 0.15) is 23.5 Å². The van der Waals surface area contributed by atoms with Crippen LogP contribution in [-0.4, -0.2) is 0 Å². The van der Waals surface area contributed by atoms with Gasteiger partial charge in [0.25, 0.3) is 0 Å². The summed E-state index contributed by atoms with van der Waals surface area (Å²) in [5, 5.41) is 0. The van der Waals surface area contributed by atoms with Crippen LogP contribution in [0.5, 0.6) is 0 Å². The fourth-order valence-corrected chi connectivity index (χ4v) is 3.11. The molecule has 103 valence electrons. The van der Waals surface area contributed by atoms with E-state index in [1.807, 2.05) is 0 Å². The van der Waals surface area contributed by atoms with E-state index in [1.54, 1.807) is 0 Å². The van der Waals surface area contributed by atoms with Gasteiger partial charge in [-0.3, -0.25) is 6.08 Å². The number of halogens is 2. The van der Waals surface area contributed by atoms with E-state index in [0.717, 1.165) is 6.42 Å². The van der Waals surface area contributed by atoms with Crippen molar-refractivity contribution in [2.45, 2.75) is 12.3 Å². The molecule has 0 atom stereocenters. The molecule has 0 aromatic heterocycles. The maximum Gasteiger partial charge on any atom is 3.00 e. The van der Waals surface area contributed by atoms with Gasteiger partial charge in [-0.2, -0.15) is 6.08 Å². The SMILES string of the molecule is [C-]1=C(C2c3ccccc3-c3ccccc32)C=CC1.[Cl-].[Cl-].[Zr+3]. The van der Waals surface area contributed by atoms with Crippen LogP contribution in [0, 0.1) is 6.08 Å². The van der Waals surface area contributed by atoms with Gasteiger partial charge in [-0.15, -0.1) is 6.42 Å². The second-order valence-corrected chi connectivity index (χ2v) is 4.85. The largest absolute Gasteiger partial charge is 3.00 e. The summed E-state index contributed by atoms with van der Waals surface area (Å²) in [7, 11) is 0. The van der Waals surface area contributed by atoms with Crippen LogP contribution in [0.4, 0.5) is 0 Å². The Labute approximate surface area is 157 Å². The minimum Gasteiger partial charge on any atom is -1.00 e. The maximum absolute atomic E-state index is 3.49. The average Bonchev–Trinajstić information content (AvgIpc) is 3.03. The van der Waals surface area contributed by atoms with Crippen molar-refractivity contribution in [1.82, 2.24) is 0 Å². The van der Waals surface area contributed by atoms with Crippen molar-refractivity contribution in [3.63, 3.8) is 0 Å². The first-order chi connectivity index (χ1) is 8.95. The minimum atomic E-state index is 0. The number of hydrogen-bond acceptors (Lipinski definition) is 0. The molecule has 3 heteroatoms. The first-order valence-corrected chi connectivity index (χ1v) is 6.40. The molecule has 0 spiro atoms. The second-order valence-electron chi connectivity index (χ2n) is 4.85. The van der Waals surface area contributed by atoms with Crippen molar-refractivity contribution < 1.29 is 51.0 Å². The van der Waals surface area contributed by atoms with Gasteiger partial charge in [-0.1, -0.05) is 48.5 Å². The van der Waals surface area contributed by atoms with Gasteiger partial charge in [0, 0.05) is 5.92 Å². The zero-order valence-electron chi connectivity index (χ0n) is 11.3. The normalized spacial score (nSPS) is 14.2. The van der Waals surface area contributed by atoms with Crippen LogP contribution in [-0.2, 0) is 26.2 Å². The Kier molecular flexibility index (Phi) is 6.66. The Morgan fingerprint density at radius 3 is 1.81 bits per heavy atom. The standard InChI is InChI=1S/C18H13.2ClH.Zr/c1-2-8-13(7-1)18-16-11-5-3-9-14(16)15-10-4-6-12-17(15)18;;;/h1,3-7,9-12,18H,2H2;2*1H;/q-1;;;+3/p-2. The number of hydrogen-bond donors (Lipinski definition) is 0. The maximum atomic E-state index is 3.49. The summed E-state index contributed by atoms with van der Waals surface area (Å²) in [6.45, 7) is 0. The predicted octanol–water partition coefficient (Wildman–Crippen LogP) is -1.51. The average molecular weight is 391 g/mol. The van der Waals surface area contributed by atoms with Gasteiger partial charge in [-0.05, 0) is 22.3 Å². The number of fused-ring (bicyclic) bond motifs is 3. The van der Waals surface area contributed by atoms with E-state index in [2.05, 4.69) is 66.8 Å². The van der Waals surface area contributed by atoms with Crippen molar-refractivity contribution in [3.8, 4) is 11.1 Å². The van der Waals surface area contributed by atoms with E-state index in [0.29, 0.717) is 5.92 Å². The van der Waals surface area contributed by atoms with Crippen LogP contribution < -0.4 is 24.8 Å². The summed E-state index contributed by atoms with van der Waals surface area (Å²) in [6.07, 6.45) is 8.86. The predicted molar refractivity (Wildman–Crippen MR) is 74.2 cm³/mol. The van der Waals surface area contributed by atoms with Crippen LogP contribution in [0.25, 0.3) is 11.1 Å². The third-order valence-corrected chi connectivity index (χ3v) is 3.87. The summed E-state index contributed by atoms with van der Waals surface area (Å²) in [5.74, 6) is 0.385. The van der Waals surface area contributed by atoms with Crippen molar-refractivity contribution >= 4 is 0 Å². The van der Waals surface area contributed by atoms with Crippen molar-refractivity contribution in [2.75, 3.05) is 0 Å². The first-order valence-electron chi connectivity index (χ1n) is 6.40. The van der Waals surface area contributed by atoms with Crippen molar-refractivity contribution in [1.29, 1.82) is 0 Å². The Balaban J connectivity index is 0.000000735. The molecule has 2 aliphatic carbocycles. The quantitative estimate of drug-likeness (QED) is 0.519. The van der Waals surface area contributed by atoms with Crippen molar-refractivity contribution in [2.24, 2.45) is 0 Å². The summed E-state index contributed by atoms with van der Waals surface area (Å²) >= 11 is 0. The summed E-state index contributed by atoms with van der Waals surface area (Å²) in [5.41, 5.74) is 6.94. The number of allylic oxidation sites excluding steroid dienone is 4. The third-order valence-electron chi connectivity index (χ3n) is 3.87. The number of rotatable bonds is 1. The minimum absolute atomic E-state index is 0. The van der Waals surface area contributed by atoms with Gasteiger partial charge in [0.15, 0.2) is 0 Å². The smallest absolute Gasteiger partial charge is 1.00 e. The van der Waals surface area contributed by atoms with Gasteiger partial charge in [0.2, 0.25) is 0 Å². The van der Waals surface area contributed by atoms with Gasteiger partial charge >= 0.3 is 26.2 Å². The number of benzene rings is 2. The molecule has 0 fully saturated rings. The zero-order chi connectivity index (χ0) is 11.9. The molecule has 2 aromatic carbocycles. The van der Waals surface area contributed by atoms with E-state index < -0.39 is 0 Å². The molecule has 2 aliphatic rings. The van der Waals surface area contributed by atoms with Crippen molar-refractivity contribution in [3.05, 3.63) is 83.5 Å². The molecular weight excluding hydrogens is 378 g/mol. The molecule has 4 rings (SSSR count). The summed E-state index contributed by atoms with van der Waals surface area (Å²) < 4.78 is 0. The van der Waals surface area contributed by atoms with Crippen LogP contribution in [0.2, 0.25) is 0 Å². The van der Waals surface area contributed by atoms with Crippen LogP contribution in [0.3, 0.4) is 0 Å². The summed E-state index contributed by atoms with van der Waals surface area (Å²) in [6, 6.07) is 17.5. The van der Waals surface area contributed by atoms with Gasteiger partial charge in [-0.25, -0.2) is 11.6 Å². The van der Waals surface area contributed by atoms with E-state index in [4.69, 9.17) is 0 Å². The Bertz CT molecular complexity index is 644. The Hall–Kier alpha value is -0.617. The fourth-order valence-electron chi connectivity index (χ4n) is 3.11. The molecule has 0 unspecified atom stereocenters. The molecule has 2 aromatic rings. The molecule has 0 nitrogen and oxygen atoms in total. The fraction of sp³-hybridized carbons (Fsp3) is 0.111. The molecule has 0 saturated heterocycles. The van der Waals surface area contributed by atoms with E-state index in [-0.39, 0.29) is 51.0 Å². The molecule has 0 N–H and O–H groups in total. The third kappa shape index (κ3) is 2.97. The topological polar surface area (TPSA) is 0 Å². The zero-order valence-corrected chi connectivity index (χ0v) is 15.3. The van der Waals surface area contributed by atoms with Crippen LogP contribution >= 0.6 is 0 Å². The first kappa shape index (κ1) is 18.4. The van der Waals surface area contributed by atoms with Gasteiger partial charge < -0.3 is 24.8 Å². The molecule has 0 amide bonds. The molecule has 0 saturated carbocycles. The van der Waals surface area contributed by atoms with E-state index in [9.17, 15) is 0 Å². The molecule has 21 heavy (non-hydrogen) atoms. The Morgan fingerprint density at radius 2 is 1.33 bits per heavy atom. The molecular formula is C18H13Cl2Zr. The van der Waals surface area contributed by atoms with E-state index in [1.165, 1.54) is 27.8 Å². The van der Waals surface area contributed by atoms with Crippen LogP contribution in [0.15, 0.2) is 66.3 Å².